The molecule has 3 rings (SSSR count). The van der Waals surface area contributed by atoms with Crippen LogP contribution in [0.2, 0.25) is 0 Å². The van der Waals surface area contributed by atoms with E-state index in [1.165, 1.54) is 11.8 Å². The molecule has 100 valence electrons. The van der Waals surface area contributed by atoms with Gasteiger partial charge in [-0.1, -0.05) is 25.6 Å². The van der Waals surface area contributed by atoms with Gasteiger partial charge in [0.2, 0.25) is 5.06 Å². The lowest BCUT2D eigenvalue weighted by atomic mass is 9.85. The minimum absolute atomic E-state index is 0.287. The van der Waals surface area contributed by atoms with Crippen LogP contribution in [0.15, 0.2) is 4.99 Å². The summed E-state index contributed by atoms with van der Waals surface area (Å²) in [6, 6.07) is 4.73. The van der Waals surface area contributed by atoms with Crippen LogP contribution >= 0.6 is 11.8 Å². The molecule has 1 saturated heterocycles. The van der Waals surface area contributed by atoms with E-state index in [4.69, 9.17) is 10.5 Å². The van der Waals surface area contributed by atoms with Crippen molar-refractivity contribution in [2.75, 3.05) is 12.4 Å². The third kappa shape index (κ3) is 0.871. The SMILES string of the molecule is CCC1(CC)[C@@]2(C#N)[C@@]3(N=C(N)[C@@]12C#N)OCCS3. The molecule has 1 spiro atoms. The van der Waals surface area contributed by atoms with Crippen LogP contribution in [-0.2, 0) is 4.74 Å². The number of nitrogens with zero attached hydrogens (tertiary/aromatic N) is 3. The topological polar surface area (TPSA) is 95.2 Å². The number of thioether (sulfide) groups is 1. The lowest BCUT2D eigenvalue weighted by Gasteiger charge is -2.30. The van der Waals surface area contributed by atoms with Gasteiger partial charge in [0.05, 0.1) is 18.7 Å². The van der Waals surface area contributed by atoms with Crippen LogP contribution in [-0.4, -0.2) is 23.3 Å². The summed E-state index contributed by atoms with van der Waals surface area (Å²) in [5.41, 5.74) is 3.74. The van der Waals surface area contributed by atoms with Crippen LogP contribution in [0.1, 0.15) is 26.7 Å². The number of nitrogens with two attached hydrogens (primary N) is 1. The van der Waals surface area contributed by atoms with E-state index >= 15 is 0 Å². The normalized spacial score (nSPS) is 45.4. The van der Waals surface area contributed by atoms with Crippen molar-refractivity contribution in [3.05, 3.63) is 0 Å². The van der Waals surface area contributed by atoms with Crippen molar-refractivity contribution >= 4 is 17.6 Å². The Morgan fingerprint density at radius 2 is 2.05 bits per heavy atom. The van der Waals surface area contributed by atoms with Gasteiger partial charge in [-0.05, 0) is 12.8 Å². The number of ether oxygens (including phenoxy) is 1. The zero-order valence-electron chi connectivity index (χ0n) is 11.1. The highest BCUT2D eigenvalue weighted by atomic mass is 32.2. The van der Waals surface area contributed by atoms with Gasteiger partial charge in [-0.25, -0.2) is 4.99 Å². The molecule has 0 aromatic heterocycles. The van der Waals surface area contributed by atoms with E-state index in [1.54, 1.807) is 0 Å². The minimum Gasteiger partial charge on any atom is -0.386 e. The highest BCUT2D eigenvalue weighted by Crippen LogP contribution is 2.89. The summed E-state index contributed by atoms with van der Waals surface area (Å²) in [4.78, 5) is 4.42. The Hall–Kier alpha value is -1.24. The number of hydrogen-bond acceptors (Lipinski definition) is 6. The minimum atomic E-state index is -0.977. The smallest absolute Gasteiger partial charge is 0.230 e. The maximum Gasteiger partial charge on any atom is 0.230 e. The summed E-state index contributed by atoms with van der Waals surface area (Å²) >= 11 is 1.51. The van der Waals surface area contributed by atoms with Gasteiger partial charge in [0.15, 0.2) is 5.41 Å². The molecule has 2 N–H and O–H groups in total. The van der Waals surface area contributed by atoms with E-state index in [-0.39, 0.29) is 5.84 Å². The highest BCUT2D eigenvalue weighted by molar-refractivity contribution is 8.00. The third-order valence-corrected chi connectivity index (χ3v) is 6.56. The second-order valence-electron chi connectivity index (χ2n) is 5.29. The van der Waals surface area contributed by atoms with E-state index in [2.05, 4.69) is 17.1 Å². The molecule has 3 atom stereocenters. The van der Waals surface area contributed by atoms with Crippen molar-refractivity contribution in [1.29, 1.82) is 10.5 Å². The van der Waals surface area contributed by atoms with Crippen molar-refractivity contribution in [2.45, 2.75) is 31.7 Å². The standard InChI is InChI=1S/C13H16N4OS/c1-3-10(4-2)11(7-14)9(16)17-13(12(10,11)8-15)18-5-6-19-13/h3-6H2,1-2H3,(H2,16,17)/t11-,12+,13+/m0/s1. The van der Waals surface area contributed by atoms with Gasteiger partial charge in [0, 0.05) is 11.2 Å². The summed E-state index contributed by atoms with van der Waals surface area (Å²) < 4.78 is 5.83. The Balaban J connectivity index is 2.29. The molecule has 1 aliphatic carbocycles. The number of aliphatic imine (C=N–C) groups is 1. The average Bonchev–Trinajstić information content (AvgIpc) is 2.65. The van der Waals surface area contributed by atoms with Crippen LogP contribution in [0, 0.1) is 38.9 Å². The van der Waals surface area contributed by atoms with Crippen molar-refractivity contribution in [3.8, 4) is 12.1 Å². The summed E-state index contributed by atoms with van der Waals surface area (Å²) in [7, 11) is 0. The predicted octanol–water partition coefficient (Wildman–Crippen LogP) is 1.61. The Labute approximate surface area is 116 Å². The fourth-order valence-corrected chi connectivity index (χ4v) is 5.88. The largest absolute Gasteiger partial charge is 0.386 e. The molecule has 6 heteroatoms. The number of hydrogen-bond donors (Lipinski definition) is 1. The molecule has 2 aliphatic heterocycles. The lowest BCUT2D eigenvalue weighted by Crippen LogP contribution is -2.37. The van der Waals surface area contributed by atoms with Gasteiger partial charge >= 0.3 is 0 Å². The fraction of sp³-hybridized carbons (Fsp3) is 0.769. The molecule has 0 aromatic rings. The first kappa shape index (κ1) is 12.8. The van der Waals surface area contributed by atoms with Crippen LogP contribution in [0.5, 0.6) is 0 Å². The number of rotatable bonds is 2. The van der Waals surface area contributed by atoms with Crippen LogP contribution in [0.25, 0.3) is 0 Å². The van der Waals surface area contributed by atoms with Crippen molar-refractivity contribution in [1.82, 2.24) is 0 Å². The van der Waals surface area contributed by atoms with Gasteiger partial charge in [-0.3, -0.25) is 0 Å². The molecule has 0 aromatic carbocycles. The first-order valence-corrected chi connectivity index (χ1v) is 7.53. The summed E-state index contributed by atoms with van der Waals surface area (Å²) in [5, 5.41) is 18.7. The molecule has 2 fully saturated rings. The second-order valence-corrected chi connectivity index (χ2v) is 6.54. The molecule has 0 amide bonds. The zero-order chi connectivity index (χ0) is 13.9. The summed E-state index contributed by atoms with van der Waals surface area (Å²) in [6.07, 6.45) is 1.46. The summed E-state index contributed by atoms with van der Waals surface area (Å²) in [6.45, 7) is 4.58. The highest BCUT2D eigenvalue weighted by Gasteiger charge is 2.99. The van der Waals surface area contributed by atoms with E-state index in [9.17, 15) is 10.5 Å². The molecule has 0 unspecified atom stereocenters. The lowest BCUT2D eigenvalue weighted by molar-refractivity contribution is 0.00639. The Bertz CT molecular complexity index is 550. The Morgan fingerprint density at radius 1 is 1.37 bits per heavy atom. The quantitative estimate of drug-likeness (QED) is 0.826. The average molecular weight is 276 g/mol. The molecule has 0 radical (unpaired) electrons. The molecular formula is C13H16N4OS. The van der Waals surface area contributed by atoms with Gasteiger partial charge in [-0.15, -0.1) is 0 Å². The zero-order valence-corrected chi connectivity index (χ0v) is 11.9. The van der Waals surface area contributed by atoms with E-state index in [0.29, 0.717) is 6.61 Å². The van der Waals surface area contributed by atoms with Gasteiger partial charge < -0.3 is 10.5 Å². The Morgan fingerprint density at radius 3 is 2.42 bits per heavy atom. The number of fused-ring (bicyclic) bond motifs is 2. The van der Waals surface area contributed by atoms with E-state index < -0.39 is 21.3 Å². The van der Waals surface area contributed by atoms with Gasteiger partial charge in [-0.2, -0.15) is 10.5 Å². The molecule has 2 heterocycles. The van der Waals surface area contributed by atoms with Crippen LogP contribution in [0.3, 0.4) is 0 Å². The second kappa shape index (κ2) is 3.45. The van der Waals surface area contributed by atoms with E-state index in [0.717, 1.165) is 18.6 Å². The third-order valence-electron chi connectivity index (χ3n) is 5.28. The Kier molecular flexibility index (Phi) is 2.32. The van der Waals surface area contributed by atoms with Gasteiger partial charge in [0.1, 0.15) is 11.3 Å². The maximum absolute atomic E-state index is 9.88. The maximum atomic E-state index is 9.88. The molecule has 19 heavy (non-hydrogen) atoms. The van der Waals surface area contributed by atoms with Crippen LogP contribution < -0.4 is 5.73 Å². The fourth-order valence-electron chi connectivity index (χ4n) is 4.50. The van der Waals surface area contributed by atoms with Crippen molar-refractivity contribution < 1.29 is 4.74 Å². The monoisotopic (exact) mass is 276 g/mol. The number of amidine groups is 1. The molecular weight excluding hydrogens is 260 g/mol. The number of nitriles is 2. The van der Waals surface area contributed by atoms with Gasteiger partial charge in [0.25, 0.3) is 0 Å². The predicted molar refractivity (Wildman–Crippen MR) is 71.9 cm³/mol. The molecule has 5 nitrogen and oxygen atoms in total. The first-order chi connectivity index (χ1) is 9.08. The van der Waals surface area contributed by atoms with Crippen molar-refractivity contribution in [2.24, 2.45) is 27.0 Å². The molecule has 0 bridgehead atoms. The van der Waals surface area contributed by atoms with E-state index in [1.807, 2.05) is 13.8 Å². The summed E-state index contributed by atoms with van der Waals surface area (Å²) in [5.74, 6) is 1.07. The molecule has 3 aliphatic rings. The van der Waals surface area contributed by atoms with Crippen LogP contribution in [0.4, 0.5) is 0 Å². The van der Waals surface area contributed by atoms with Crippen molar-refractivity contribution in [3.63, 3.8) is 0 Å². The first-order valence-electron chi connectivity index (χ1n) is 6.54. The molecule has 1 saturated carbocycles.